The minimum atomic E-state index is -0.721. The summed E-state index contributed by atoms with van der Waals surface area (Å²) in [5, 5.41) is 13.4. The fourth-order valence-electron chi connectivity index (χ4n) is 2.36. The predicted octanol–water partition coefficient (Wildman–Crippen LogP) is 0.715. The summed E-state index contributed by atoms with van der Waals surface area (Å²) in [6, 6.07) is 1.57. The van der Waals surface area contributed by atoms with Crippen LogP contribution in [0.25, 0.3) is 0 Å². The minimum absolute atomic E-state index is 0.223. The van der Waals surface area contributed by atoms with E-state index in [1.54, 1.807) is 4.68 Å². The zero-order chi connectivity index (χ0) is 11.7. The standard InChI is InChI=1S/C11H17N3O2/c1-8-3-6-14(10(8)11(15)16)7-9-4-5-13(2)12-9/h4-5,8,10H,3,6-7H2,1-2H3,(H,15,16). The van der Waals surface area contributed by atoms with Crippen molar-refractivity contribution in [3.63, 3.8) is 0 Å². The van der Waals surface area contributed by atoms with E-state index in [0.717, 1.165) is 18.7 Å². The molecule has 2 atom stereocenters. The van der Waals surface area contributed by atoms with Gasteiger partial charge in [-0.25, -0.2) is 0 Å². The monoisotopic (exact) mass is 223 g/mol. The van der Waals surface area contributed by atoms with Gasteiger partial charge in [-0.15, -0.1) is 0 Å². The lowest BCUT2D eigenvalue weighted by molar-refractivity contribution is -0.143. The van der Waals surface area contributed by atoms with Crippen molar-refractivity contribution in [2.24, 2.45) is 13.0 Å². The molecule has 0 radical (unpaired) electrons. The number of aliphatic carboxylic acids is 1. The van der Waals surface area contributed by atoms with E-state index in [-0.39, 0.29) is 12.0 Å². The Morgan fingerprint density at radius 1 is 1.69 bits per heavy atom. The van der Waals surface area contributed by atoms with Crippen molar-refractivity contribution in [1.82, 2.24) is 14.7 Å². The average Bonchev–Trinajstić information content (AvgIpc) is 2.74. The second kappa shape index (κ2) is 4.25. The van der Waals surface area contributed by atoms with Crippen molar-refractivity contribution in [3.05, 3.63) is 18.0 Å². The zero-order valence-electron chi connectivity index (χ0n) is 9.63. The maximum Gasteiger partial charge on any atom is 0.321 e. The minimum Gasteiger partial charge on any atom is -0.480 e. The highest BCUT2D eigenvalue weighted by Gasteiger charge is 2.36. The van der Waals surface area contributed by atoms with Gasteiger partial charge in [0.05, 0.1) is 5.69 Å². The molecule has 2 rings (SSSR count). The molecule has 88 valence electrons. The molecule has 1 aliphatic heterocycles. The number of rotatable bonds is 3. The van der Waals surface area contributed by atoms with Gasteiger partial charge in [0, 0.05) is 19.8 Å². The molecule has 1 aliphatic rings. The summed E-state index contributed by atoms with van der Waals surface area (Å²) in [5.74, 6) is -0.498. The Bertz CT molecular complexity index is 388. The van der Waals surface area contributed by atoms with Crippen molar-refractivity contribution < 1.29 is 9.90 Å². The Morgan fingerprint density at radius 2 is 2.44 bits per heavy atom. The SMILES string of the molecule is CC1CCN(Cc2ccn(C)n2)C1C(=O)O. The van der Waals surface area contributed by atoms with Gasteiger partial charge in [0.15, 0.2) is 0 Å². The number of carboxylic acid groups (broad SMARTS) is 1. The summed E-state index contributed by atoms with van der Waals surface area (Å²) in [7, 11) is 1.87. The second-order valence-corrected chi connectivity index (χ2v) is 4.50. The Kier molecular flexibility index (Phi) is 2.96. The molecule has 1 fully saturated rings. The fraction of sp³-hybridized carbons (Fsp3) is 0.636. The molecule has 2 unspecified atom stereocenters. The van der Waals surface area contributed by atoms with E-state index >= 15 is 0 Å². The number of hydrogen-bond donors (Lipinski definition) is 1. The molecule has 16 heavy (non-hydrogen) atoms. The van der Waals surface area contributed by atoms with Gasteiger partial charge in [0.1, 0.15) is 6.04 Å². The number of aryl methyl sites for hydroxylation is 1. The van der Waals surface area contributed by atoms with Crippen LogP contribution in [0.3, 0.4) is 0 Å². The van der Waals surface area contributed by atoms with Crippen LogP contribution in [0, 0.1) is 5.92 Å². The first-order valence-electron chi connectivity index (χ1n) is 5.53. The lowest BCUT2D eigenvalue weighted by Gasteiger charge is -2.21. The van der Waals surface area contributed by atoms with Gasteiger partial charge >= 0.3 is 5.97 Å². The lowest BCUT2D eigenvalue weighted by Crippen LogP contribution is -2.38. The van der Waals surface area contributed by atoms with Crippen LogP contribution >= 0.6 is 0 Å². The van der Waals surface area contributed by atoms with E-state index in [4.69, 9.17) is 0 Å². The van der Waals surface area contributed by atoms with E-state index in [1.165, 1.54) is 0 Å². The van der Waals surface area contributed by atoms with E-state index in [2.05, 4.69) is 5.10 Å². The third-order valence-electron chi connectivity index (χ3n) is 3.19. The maximum absolute atomic E-state index is 11.2. The summed E-state index contributed by atoms with van der Waals surface area (Å²) in [4.78, 5) is 13.1. The van der Waals surface area contributed by atoms with Crippen LogP contribution in [-0.4, -0.2) is 38.3 Å². The molecule has 0 amide bonds. The number of hydrogen-bond acceptors (Lipinski definition) is 3. The Morgan fingerprint density at radius 3 is 3.00 bits per heavy atom. The molecule has 1 aromatic heterocycles. The number of nitrogens with zero attached hydrogens (tertiary/aromatic N) is 3. The molecular formula is C11H17N3O2. The van der Waals surface area contributed by atoms with Gasteiger partial charge in [-0.3, -0.25) is 14.4 Å². The van der Waals surface area contributed by atoms with Crippen LogP contribution in [0.15, 0.2) is 12.3 Å². The van der Waals surface area contributed by atoms with Crippen LogP contribution in [0.2, 0.25) is 0 Å². The van der Waals surface area contributed by atoms with Gasteiger partial charge in [-0.2, -0.15) is 5.10 Å². The zero-order valence-corrected chi connectivity index (χ0v) is 9.63. The van der Waals surface area contributed by atoms with Gasteiger partial charge < -0.3 is 5.11 Å². The molecule has 1 saturated heterocycles. The molecule has 0 bridgehead atoms. The second-order valence-electron chi connectivity index (χ2n) is 4.50. The van der Waals surface area contributed by atoms with Crippen LogP contribution in [0.5, 0.6) is 0 Å². The average molecular weight is 223 g/mol. The van der Waals surface area contributed by atoms with Gasteiger partial charge in [-0.1, -0.05) is 6.92 Å². The highest BCUT2D eigenvalue weighted by molar-refractivity contribution is 5.74. The molecule has 0 saturated carbocycles. The first-order valence-corrected chi connectivity index (χ1v) is 5.53. The van der Waals surface area contributed by atoms with Gasteiger partial charge in [0.25, 0.3) is 0 Å². The number of aromatic nitrogens is 2. The van der Waals surface area contributed by atoms with Crippen LogP contribution in [0.1, 0.15) is 19.0 Å². The third-order valence-corrected chi connectivity index (χ3v) is 3.19. The highest BCUT2D eigenvalue weighted by Crippen LogP contribution is 2.25. The smallest absolute Gasteiger partial charge is 0.321 e. The Balaban J connectivity index is 2.07. The fourth-order valence-corrected chi connectivity index (χ4v) is 2.36. The van der Waals surface area contributed by atoms with E-state index in [1.807, 2.05) is 31.1 Å². The van der Waals surface area contributed by atoms with Crippen molar-refractivity contribution in [2.75, 3.05) is 6.54 Å². The topological polar surface area (TPSA) is 58.4 Å². The predicted molar refractivity (Wildman–Crippen MR) is 58.8 cm³/mol. The number of carbonyl (C=O) groups is 1. The third kappa shape index (κ3) is 2.09. The molecular weight excluding hydrogens is 206 g/mol. The van der Waals surface area contributed by atoms with Crippen molar-refractivity contribution >= 4 is 5.97 Å². The molecule has 1 aromatic rings. The summed E-state index contributed by atoms with van der Waals surface area (Å²) < 4.78 is 1.74. The summed E-state index contributed by atoms with van der Waals surface area (Å²) in [5.41, 5.74) is 0.933. The Hall–Kier alpha value is -1.36. The number of likely N-dealkylation sites (tertiary alicyclic amines) is 1. The first-order chi connectivity index (χ1) is 7.58. The molecule has 5 heteroatoms. The first kappa shape index (κ1) is 11.1. The molecule has 1 N–H and O–H groups in total. The van der Waals surface area contributed by atoms with Crippen LogP contribution in [-0.2, 0) is 18.4 Å². The molecule has 2 heterocycles. The van der Waals surface area contributed by atoms with Crippen molar-refractivity contribution in [2.45, 2.75) is 25.9 Å². The van der Waals surface area contributed by atoms with E-state index < -0.39 is 5.97 Å². The van der Waals surface area contributed by atoms with Crippen LogP contribution < -0.4 is 0 Å². The Labute approximate surface area is 94.7 Å². The normalized spacial score (nSPS) is 26.1. The van der Waals surface area contributed by atoms with Gasteiger partial charge in [0.2, 0.25) is 0 Å². The van der Waals surface area contributed by atoms with Crippen molar-refractivity contribution in [3.8, 4) is 0 Å². The molecule has 5 nitrogen and oxygen atoms in total. The largest absolute Gasteiger partial charge is 0.480 e. The molecule has 0 spiro atoms. The van der Waals surface area contributed by atoms with E-state index in [9.17, 15) is 9.90 Å². The number of carboxylic acids is 1. The summed E-state index contributed by atoms with van der Waals surface area (Å²) in [6.45, 7) is 3.47. The molecule has 0 aliphatic carbocycles. The summed E-state index contributed by atoms with van der Waals surface area (Å²) in [6.07, 6.45) is 2.83. The van der Waals surface area contributed by atoms with Gasteiger partial charge in [-0.05, 0) is 24.9 Å². The van der Waals surface area contributed by atoms with Crippen molar-refractivity contribution in [1.29, 1.82) is 0 Å². The lowest BCUT2D eigenvalue weighted by atomic mass is 10.0. The van der Waals surface area contributed by atoms with E-state index in [0.29, 0.717) is 6.54 Å². The summed E-state index contributed by atoms with van der Waals surface area (Å²) >= 11 is 0. The van der Waals surface area contributed by atoms with Crippen LogP contribution in [0.4, 0.5) is 0 Å². The quantitative estimate of drug-likeness (QED) is 0.820. The maximum atomic E-state index is 11.2. The highest BCUT2D eigenvalue weighted by atomic mass is 16.4. The molecule has 0 aromatic carbocycles.